The lowest BCUT2D eigenvalue weighted by Crippen LogP contribution is -2.38. The molecule has 0 radical (unpaired) electrons. The van der Waals surface area contributed by atoms with Crippen LogP contribution in [0.2, 0.25) is 0 Å². The number of fused-ring (bicyclic) bond motifs is 1. The number of hydrogen-bond acceptors (Lipinski definition) is 12. The van der Waals surface area contributed by atoms with Crippen LogP contribution >= 0.6 is 7.75 Å². The first-order valence-corrected chi connectivity index (χ1v) is 15.1. The van der Waals surface area contributed by atoms with Crippen LogP contribution in [0.1, 0.15) is 38.5 Å². The zero-order chi connectivity index (χ0) is 30.0. The topological polar surface area (TPSA) is 182 Å². The number of nitrogen functional groups attached to an aromatic ring is 1. The third-order valence-electron chi connectivity index (χ3n) is 6.41. The summed E-state index contributed by atoms with van der Waals surface area (Å²) in [6, 6.07) is 13.0. The number of esters is 1. The summed E-state index contributed by atoms with van der Waals surface area (Å²) in [5, 5.41) is 16.9. The van der Waals surface area contributed by atoms with E-state index in [2.05, 4.69) is 21.2 Å². The van der Waals surface area contributed by atoms with Crippen LogP contribution < -0.4 is 15.3 Å². The number of carbonyl (C=O) groups excluding carboxylic acids is 1. The number of carbonyl (C=O) groups is 1. The Morgan fingerprint density at radius 3 is 2.76 bits per heavy atom. The van der Waals surface area contributed by atoms with Crippen molar-refractivity contribution in [3.63, 3.8) is 0 Å². The summed E-state index contributed by atoms with van der Waals surface area (Å²) in [5.74, 6) is -0.127. The highest BCUT2D eigenvalue weighted by Gasteiger charge is 2.45. The van der Waals surface area contributed by atoms with Crippen LogP contribution in [-0.4, -0.2) is 71.9 Å². The Morgan fingerprint density at radius 2 is 2.00 bits per heavy atom. The van der Waals surface area contributed by atoms with Crippen molar-refractivity contribution >= 4 is 25.1 Å². The molecule has 4 atom stereocenters. The van der Waals surface area contributed by atoms with Gasteiger partial charge in [-0.1, -0.05) is 18.2 Å². The smallest absolute Gasteiger partial charge is 0.459 e. The lowest BCUT2D eigenvalue weighted by Gasteiger charge is -2.27. The fourth-order valence-electron chi connectivity index (χ4n) is 4.28. The van der Waals surface area contributed by atoms with E-state index in [1.165, 1.54) is 13.3 Å². The summed E-state index contributed by atoms with van der Waals surface area (Å²) in [5.41, 5.74) is 5.81. The fourth-order valence-corrected chi connectivity index (χ4v) is 5.82. The maximum absolute atomic E-state index is 13.9. The second kappa shape index (κ2) is 14.6. The maximum Gasteiger partial charge on any atom is 0.459 e. The van der Waals surface area contributed by atoms with Gasteiger partial charge in [0.25, 0.3) is 0 Å². The maximum atomic E-state index is 13.9. The van der Waals surface area contributed by atoms with E-state index in [0.717, 1.165) is 0 Å². The van der Waals surface area contributed by atoms with Crippen molar-refractivity contribution in [1.29, 1.82) is 5.26 Å². The molecule has 1 saturated heterocycles. The first-order chi connectivity index (χ1) is 20.3. The molecule has 0 spiro atoms. The Morgan fingerprint density at radius 1 is 1.24 bits per heavy atom. The molecular weight excluding hydrogens is 567 g/mol. The van der Waals surface area contributed by atoms with Gasteiger partial charge in [0, 0.05) is 6.61 Å². The Balaban J connectivity index is 1.40. The Labute approximate surface area is 243 Å². The number of hydrogen-bond donors (Lipinski definition) is 2. The summed E-state index contributed by atoms with van der Waals surface area (Å²) in [4.78, 5) is 16.6. The van der Waals surface area contributed by atoms with Crippen molar-refractivity contribution in [2.45, 2.75) is 44.4 Å². The number of nitriles is 1. The molecule has 3 N–H and O–H groups in total. The molecule has 0 saturated carbocycles. The number of aromatic nitrogens is 3. The average Bonchev–Trinajstić information content (AvgIpc) is 3.62. The summed E-state index contributed by atoms with van der Waals surface area (Å²) >= 11 is 0. The van der Waals surface area contributed by atoms with Gasteiger partial charge in [0.15, 0.2) is 11.4 Å². The fraction of sp³-hybridized carbons (Fsp3) is 0.481. The number of nitrogens with one attached hydrogen (secondary N) is 1. The van der Waals surface area contributed by atoms with Gasteiger partial charge >= 0.3 is 13.7 Å². The molecule has 2 aromatic heterocycles. The van der Waals surface area contributed by atoms with Crippen LogP contribution in [0, 0.1) is 11.3 Å². The molecule has 226 valence electrons. The predicted octanol–water partition coefficient (Wildman–Crippen LogP) is 3.20. The second-order valence-electron chi connectivity index (χ2n) is 9.45. The average molecular weight is 603 g/mol. The molecule has 1 fully saturated rings. The van der Waals surface area contributed by atoms with E-state index >= 15 is 0 Å². The van der Waals surface area contributed by atoms with E-state index in [9.17, 15) is 14.6 Å². The molecule has 1 aromatic carbocycles. The van der Waals surface area contributed by atoms with Crippen molar-refractivity contribution in [2.24, 2.45) is 0 Å². The van der Waals surface area contributed by atoms with Crippen LogP contribution in [0.5, 0.6) is 5.75 Å². The zero-order valence-electron chi connectivity index (χ0n) is 23.5. The normalized spacial score (nSPS) is 20.5. The molecular formula is C27H35N6O8P. The summed E-state index contributed by atoms with van der Waals surface area (Å²) in [7, 11) is -4.21. The Hall–Kier alpha value is -3.57. The van der Waals surface area contributed by atoms with E-state index in [1.54, 1.807) is 40.9 Å². The van der Waals surface area contributed by atoms with Crippen LogP contribution in [-0.2, 0) is 32.8 Å². The van der Waals surface area contributed by atoms with Gasteiger partial charge in [-0.2, -0.15) is 15.4 Å². The highest BCUT2D eigenvalue weighted by atomic mass is 31.2. The van der Waals surface area contributed by atoms with Crippen LogP contribution in [0.4, 0.5) is 5.82 Å². The molecule has 15 heteroatoms. The van der Waals surface area contributed by atoms with Crippen molar-refractivity contribution < 1.29 is 37.4 Å². The number of rotatable bonds is 16. The Bertz CT molecular complexity index is 1420. The number of nitrogens with zero attached hydrogens (tertiary/aromatic N) is 4. The highest BCUT2D eigenvalue weighted by molar-refractivity contribution is 7.52. The minimum atomic E-state index is -4.21. The van der Waals surface area contributed by atoms with Crippen molar-refractivity contribution in [3.05, 3.63) is 54.5 Å². The van der Waals surface area contributed by atoms with E-state index in [-0.39, 0.29) is 25.4 Å². The number of nitrogens with two attached hydrogens (primary N) is 1. The standard InChI is InChI=1S/C27H35N6O8P/c1-3-36-13-14-37-15-16-38-26(34)20(2)32-42(35,41-21-7-5-4-6-8-21)39-18-27(17-28)12-11-24(40-27)22-9-10-23-25(29)30-19-31-33(22)23/h4-10,19-20,24H,3,11-16,18H2,1-2H3,(H,32,35)(H2,29,30,31)/t20-,24+,27+,42?/m0/s1. The molecule has 1 unspecified atom stereocenters. The monoisotopic (exact) mass is 602 g/mol. The molecule has 42 heavy (non-hydrogen) atoms. The van der Waals surface area contributed by atoms with Gasteiger partial charge < -0.3 is 29.2 Å². The molecule has 0 aliphatic carbocycles. The highest BCUT2D eigenvalue weighted by Crippen LogP contribution is 2.48. The van der Waals surface area contributed by atoms with Gasteiger partial charge in [0.05, 0.1) is 25.5 Å². The molecule has 3 aromatic rings. The van der Waals surface area contributed by atoms with E-state index in [4.69, 9.17) is 33.7 Å². The third kappa shape index (κ3) is 8.04. The van der Waals surface area contributed by atoms with Crippen molar-refractivity contribution in [1.82, 2.24) is 19.7 Å². The van der Waals surface area contributed by atoms with Crippen molar-refractivity contribution in [2.75, 3.05) is 45.4 Å². The van der Waals surface area contributed by atoms with Gasteiger partial charge in [-0.15, -0.1) is 0 Å². The minimum Gasteiger partial charge on any atom is -0.462 e. The van der Waals surface area contributed by atoms with E-state index < -0.39 is 38.1 Å². The lowest BCUT2D eigenvalue weighted by molar-refractivity contribution is -0.147. The van der Waals surface area contributed by atoms with Crippen molar-refractivity contribution in [3.8, 4) is 11.8 Å². The first kappa shape index (κ1) is 31.4. The second-order valence-corrected chi connectivity index (χ2v) is 11.1. The molecule has 1 aliphatic heterocycles. The third-order valence-corrected chi connectivity index (χ3v) is 8.04. The van der Waals surface area contributed by atoms with Crippen LogP contribution in [0.15, 0.2) is 48.8 Å². The van der Waals surface area contributed by atoms with Gasteiger partial charge in [0.2, 0.25) is 0 Å². The van der Waals surface area contributed by atoms with Gasteiger partial charge in [0.1, 0.15) is 49.0 Å². The molecule has 1 aliphatic rings. The molecule has 0 bridgehead atoms. The summed E-state index contributed by atoms with van der Waals surface area (Å²) in [6.45, 7) is 4.54. The van der Waals surface area contributed by atoms with E-state index in [1.807, 2.05) is 13.0 Å². The minimum absolute atomic E-state index is 0.000555. The summed E-state index contributed by atoms with van der Waals surface area (Å²) < 4.78 is 48.9. The number of benzene rings is 1. The number of para-hydroxylation sites is 1. The van der Waals surface area contributed by atoms with Crippen LogP contribution in [0.3, 0.4) is 0 Å². The number of anilines is 1. The quantitative estimate of drug-likeness (QED) is 0.139. The molecule has 0 amide bonds. The van der Waals surface area contributed by atoms with Gasteiger partial charge in [-0.25, -0.2) is 14.1 Å². The van der Waals surface area contributed by atoms with Gasteiger partial charge in [-0.05, 0) is 51.0 Å². The molecule has 3 heterocycles. The largest absolute Gasteiger partial charge is 0.462 e. The Kier molecular flexibility index (Phi) is 10.9. The number of ether oxygens (including phenoxy) is 4. The van der Waals surface area contributed by atoms with Gasteiger partial charge in [-0.3, -0.25) is 9.32 Å². The van der Waals surface area contributed by atoms with E-state index in [0.29, 0.717) is 43.3 Å². The SMILES string of the molecule is CCOCCOCCOC(=O)[C@H](C)NP(=O)(OC[C@]1(C#N)CC[C@H](c2ccc3c(N)ncnn23)O1)Oc1ccccc1. The molecule has 14 nitrogen and oxygen atoms in total. The van der Waals surface area contributed by atoms with Crippen LogP contribution in [0.25, 0.3) is 5.52 Å². The summed E-state index contributed by atoms with van der Waals surface area (Å²) in [6.07, 6.45) is 1.59. The first-order valence-electron chi connectivity index (χ1n) is 13.5. The zero-order valence-corrected chi connectivity index (χ0v) is 24.4. The lowest BCUT2D eigenvalue weighted by atomic mass is 10.0. The predicted molar refractivity (Wildman–Crippen MR) is 150 cm³/mol. The molecule has 4 rings (SSSR count).